The second-order valence-electron chi connectivity index (χ2n) is 16.3. The van der Waals surface area contributed by atoms with Crippen LogP contribution in [0.5, 0.6) is 0 Å². The number of anilines is 1. The average molecular weight is 988 g/mol. The van der Waals surface area contributed by atoms with Crippen molar-refractivity contribution >= 4 is 53.4 Å². The second kappa shape index (κ2) is 25.1. The number of aliphatic carboxylic acids is 1. The summed E-state index contributed by atoms with van der Waals surface area (Å²) in [6.45, 7) is 7.85. The fourth-order valence-corrected chi connectivity index (χ4v) is 9.81. The highest BCUT2D eigenvalue weighted by molar-refractivity contribution is 7.86. The molecule has 0 amide bonds. The summed E-state index contributed by atoms with van der Waals surface area (Å²) in [5.41, 5.74) is 1.62. The molecule has 2 aromatic rings. The number of fused-ring (bicyclic) bond motifs is 2. The summed E-state index contributed by atoms with van der Waals surface area (Å²) in [6.07, 6.45) is 7.43. The number of hydrogen-bond acceptors (Lipinski definition) is 16. The van der Waals surface area contributed by atoms with Crippen LogP contribution in [0.25, 0.3) is 0 Å². The Morgan fingerprint density at radius 1 is 0.727 bits per heavy atom. The van der Waals surface area contributed by atoms with Gasteiger partial charge in [-0.15, -0.1) is 0 Å². The molecule has 0 radical (unpaired) electrons. The van der Waals surface area contributed by atoms with Crippen molar-refractivity contribution in [1.82, 2.24) is 0 Å². The molecule has 0 saturated heterocycles. The van der Waals surface area contributed by atoms with Crippen LogP contribution in [0.1, 0.15) is 69.9 Å². The van der Waals surface area contributed by atoms with E-state index in [9.17, 15) is 48.8 Å². The number of carboxylic acid groups (broad SMARTS) is 1. The van der Waals surface area contributed by atoms with Gasteiger partial charge in [-0.05, 0) is 87.9 Å². The van der Waals surface area contributed by atoms with Gasteiger partial charge in [-0.2, -0.15) is 13.0 Å². The van der Waals surface area contributed by atoms with Gasteiger partial charge in [0.2, 0.25) is 5.69 Å². The molecule has 370 valence electrons. The lowest BCUT2D eigenvalue weighted by Crippen LogP contribution is -2.33. The molecule has 19 nitrogen and oxygen atoms in total. The molecule has 0 saturated carbocycles. The maximum atomic E-state index is 12.4. The third kappa shape index (κ3) is 15.4. The second-order valence-corrected chi connectivity index (χ2v) is 20.6. The van der Waals surface area contributed by atoms with E-state index in [2.05, 4.69) is 0 Å². The number of hydrogen-bond donors (Lipinski definition) is 2. The van der Waals surface area contributed by atoms with Crippen LogP contribution in [-0.4, -0.2) is 159 Å². The van der Waals surface area contributed by atoms with E-state index >= 15 is 0 Å². The third-order valence-corrected chi connectivity index (χ3v) is 14.1. The highest BCUT2D eigenvalue weighted by Gasteiger charge is 2.48. The summed E-state index contributed by atoms with van der Waals surface area (Å²) in [7, 11) is -11.0. The monoisotopic (exact) mass is 987 g/mol. The molecule has 2 aromatic carbocycles. The molecule has 66 heavy (non-hydrogen) atoms. The van der Waals surface area contributed by atoms with Crippen LogP contribution in [0, 0.1) is 0 Å². The van der Waals surface area contributed by atoms with Gasteiger partial charge in [0, 0.05) is 74.1 Å². The lowest BCUT2D eigenvalue weighted by atomic mass is 9.75. The number of rotatable bonds is 32. The van der Waals surface area contributed by atoms with Gasteiger partial charge in [0.15, 0.2) is 12.3 Å². The minimum Gasteiger partial charge on any atom is -0.748 e. The Labute approximate surface area is 388 Å². The van der Waals surface area contributed by atoms with Crippen molar-refractivity contribution in [2.75, 3.05) is 104 Å². The standard InChI is InChI=1S/C44H64N2O17S3/c1-43(17-9-31-64(49,50)51)36-32-34(65(52,53)54)14-16-39(36)46(20-22-60-25-26-62-29-30-63-28-27-61-24-23-59-4)40(43)10-8-11-41-44(2,18-21-58-3)37-33-35(66(55,56)57)13-15-38(37)45(41)19-7-5-6-12-42(47)48/h8,10-11,13-16,32-33H,5-7,9,12,17-31H2,1-4H3,(H3-,47,48,49,50,51,52,53,54,55,56,57)/p-1. The van der Waals surface area contributed by atoms with Crippen molar-refractivity contribution in [3.63, 3.8) is 0 Å². The molecule has 2 N–H and O–H groups in total. The fourth-order valence-electron chi connectivity index (χ4n) is 8.31. The van der Waals surface area contributed by atoms with Crippen LogP contribution in [-0.2, 0) is 74.4 Å². The van der Waals surface area contributed by atoms with Gasteiger partial charge in [0.25, 0.3) is 10.1 Å². The predicted octanol–water partition coefficient (Wildman–Crippen LogP) is 4.13. The predicted molar refractivity (Wildman–Crippen MR) is 241 cm³/mol. The minimum absolute atomic E-state index is 0.00236. The normalized spacial score (nSPS) is 19.4. The lowest BCUT2D eigenvalue weighted by Gasteiger charge is -2.30. The van der Waals surface area contributed by atoms with E-state index in [4.69, 9.17) is 28.4 Å². The third-order valence-electron chi connectivity index (χ3n) is 11.7. The molecule has 0 aromatic heterocycles. The molecule has 2 heterocycles. The highest BCUT2D eigenvalue weighted by Crippen LogP contribution is 2.51. The summed E-state index contributed by atoms with van der Waals surface area (Å²) in [5, 5.41) is 9.20. The molecule has 2 unspecified atom stereocenters. The molecule has 0 spiro atoms. The van der Waals surface area contributed by atoms with Gasteiger partial charge < -0.3 is 47.5 Å². The van der Waals surface area contributed by atoms with Crippen molar-refractivity contribution < 1.29 is 81.8 Å². The van der Waals surface area contributed by atoms with E-state index in [1.54, 1.807) is 38.3 Å². The van der Waals surface area contributed by atoms with Crippen molar-refractivity contribution in [3.05, 3.63) is 71.5 Å². The van der Waals surface area contributed by atoms with Crippen LogP contribution < -0.4 is 4.90 Å². The maximum Gasteiger partial charge on any atom is 0.303 e. The Balaban J connectivity index is 1.72. The zero-order valence-electron chi connectivity index (χ0n) is 38.0. The first-order chi connectivity index (χ1) is 31.2. The van der Waals surface area contributed by atoms with Gasteiger partial charge >= 0.3 is 5.97 Å². The molecule has 0 aliphatic carbocycles. The molecule has 2 aliphatic rings. The number of benzene rings is 2. The van der Waals surface area contributed by atoms with Gasteiger partial charge in [-0.25, -0.2) is 16.8 Å². The quantitative estimate of drug-likeness (QED) is 0.0593. The number of ether oxygens (including phenoxy) is 6. The first-order valence-electron chi connectivity index (χ1n) is 21.7. The van der Waals surface area contributed by atoms with Crippen LogP contribution in [0.4, 0.5) is 11.4 Å². The summed E-state index contributed by atoms with van der Waals surface area (Å²) >= 11 is 0. The fraction of sp³-hybridized carbons (Fsp3) is 0.591. The summed E-state index contributed by atoms with van der Waals surface area (Å²) < 4.78 is 142. The first-order valence-corrected chi connectivity index (χ1v) is 26.1. The number of carbonyl (C=O) groups is 1. The number of allylic oxidation sites excluding steroid dienone is 4. The van der Waals surface area contributed by atoms with Crippen molar-refractivity contribution in [2.24, 2.45) is 0 Å². The van der Waals surface area contributed by atoms with Gasteiger partial charge in [0.1, 0.15) is 16.7 Å². The van der Waals surface area contributed by atoms with Crippen molar-refractivity contribution in [1.29, 1.82) is 0 Å². The highest BCUT2D eigenvalue weighted by atomic mass is 32.2. The Morgan fingerprint density at radius 3 is 1.89 bits per heavy atom. The Kier molecular flexibility index (Phi) is 20.9. The average Bonchev–Trinajstić information content (AvgIpc) is 3.61. The maximum absolute atomic E-state index is 12.4. The molecule has 0 bridgehead atoms. The Hall–Kier alpha value is -3.65. The lowest BCUT2D eigenvalue weighted by molar-refractivity contribution is -0.442. The number of methoxy groups -OCH3 is 2. The Morgan fingerprint density at radius 2 is 1.32 bits per heavy atom. The van der Waals surface area contributed by atoms with Crippen molar-refractivity contribution in [3.8, 4) is 0 Å². The molecule has 0 fully saturated rings. The van der Waals surface area contributed by atoms with E-state index in [1.165, 1.54) is 31.4 Å². The van der Waals surface area contributed by atoms with E-state index in [0.717, 1.165) is 5.70 Å². The van der Waals surface area contributed by atoms with E-state index in [-0.39, 0.29) is 57.1 Å². The molecular formula is C44H63N2O17S3-. The van der Waals surface area contributed by atoms with Gasteiger partial charge in [-0.1, -0.05) is 12.5 Å². The van der Waals surface area contributed by atoms with E-state index in [0.29, 0.717) is 100 Å². The summed E-state index contributed by atoms with van der Waals surface area (Å²) in [4.78, 5) is 12.5. The molecule has 2 atom stereocenters. The number of nitrogens with zero attached hydrogens (tertiary/aromatic N) is 2. The van der Waals surface area contributed by atoms with Crippen LogP contribution >= 0.6 is 0 Å². The van der Waals surface area contributed by atoms with Crippen LogP contribution in [0.2, 0.25) is 0 Å². The minimum atomic E-state index is -4.82. The number of unbranched alkanes of at least 4 members (excludes halogenated alkanes) is 2. The SMILES string of the molecule is COCCOCCOCCOCCOCC[N+]1=C(/C=C/C=C2/N(CCCCCC(=O)O)c3ccc(S(=O)(=O)[O-])cc3C2(C)CCOC)C(C)(CCCS(=O)(=O)[O-])c2cc(S(=O)(=O)O)ccc21. The van der Waals surface area contributed by atoms with Gasteiger partial charge in [0.05, 0.1) is 78.2 Å². The molecule has 4 rings (SSSR count). The summed E-state index contributed by atoms with van der Waals surface area (Å²) in [6, 6.07) is 8.39. The van der Waals surface area contributed by atoms with Crippen LogP contribution in [0.15, 0.2) is 70.1 Å². The zero-order chi connectivity index (χ0) is 48.6. The zero-order valence-corrected chi connectivity index (χ0v) is 40.4. The smallest absolute Gasteiger partial charge is 0.303 e. The van der Waals surface area contributed by atoms with Gasteiger partial charge in [-0.3, -0.25) is 9.35 Å². The van der Waals surface area contributed by atoms with E-state index < -0.39 is 57.8 Å². The molecule has 22 heteroatoms. The topological polar surface area (TPSA) is 268 Å². The summed E-state index contributed by atoms with van der Waals surface area (Å²) in [5.74, 6) is -1.58. The van der Waals surface area contributed by atoms with Crippen molar-refractivity contribution in [2.45, 2.75) is 79.4 Å². The molecule has 2 aliphatic heterocycles. The van der Waals surface area contributed by atoms with E-state index in [1.807, 2.05) is 22.5 Å². The molecular weight excluding hydrogens is 925 g/mol. The largest absolute Gasteiger partial charge is 0.748 e. The first kappa shape index (κ1) is 55.0. The Bertz CT molecular complexity index is 2390. The number of carboxylic acids is 1. The van der Waals surface area contributed by atoms with Crippen LogP contribution in [0.3, 0.4) is 0 Å².